The van der Waals surface area contributed by atoms with Crippen molar-refractivity contribution in [2.75, 3.05) is 31.1 Å². The molecule has 0 saturated carbocycles. The molecule has 3 heterocycles. The number of hydrogen-bond acceptors (Lipinski definition) is 3. The molecule has 0 atom stereocenters. The molecule has 3 rings (SSSR count). The van der Waals surface area contributed by atoms with Crippen LogP contribution < -0.4 is 4.90 Å². The predicted molar refractivity (Wildman–Crippen MR) is 89.6 cm³/mol. The van der Waals surface area contributed by atoms with Crippen LogP contribution in [0.2, 0.25) is 0 Å². The van der Waals surface area contributed by atoms with Crippen LogP contribution in [0.5, 0.6) is 0 Å². The molecule has 1 aromatic heterocycles. The highest BCUT2D eigenvalue weighted by Gasteiger charge is 2.38. The first-order chi connectivity index (χ1) is 11.4. The number of anilines is 1. The number of hydrogen-bond donors (Lipinski definition) is 1. The zero-order valence-corrected chi connectivity index (χ0v) is 14.8. The van der Waals surface area contributed by atoms with E-state index in [2.05, 4.69) is 20.9 Å². The smallest absolute Gasteiger partial charge is 0.407 e. The second-order valence-electron chi connectivity index (χ2n) is 6.59. The van der Waals surface area contributed by atoms with Gasteiger partial charge in [0.2, 0.25) is 0 Å². The number of nitrogens with zero attached hydrogens (tertiary/aromatic N) is 3. The monoisotopic (exact) mass is 403 g/mol. The Kier molecular flexibility index (Phi) is 4.94. The Hall–Kier alpha value is -1.44. The van der Waals surface area contributed by atoms with E-state index < -0.39 is 12.5 Å². The van der Waals surface area contributed by atoms with Gasteiger partial charge in [-0.05, 0) is 59.2 Å². The van der Waals surface area contributed by atoms with Crippen LogP contribution in [0.1, 0.15) is 37.8 Å². The van der Waals surface area contributed by atoms with E-state index in [1.165, 1.54) is 4.90 Å². The van der Waals surface area contributed by atoms with Gasteiger partial charge in [-0.25, -0.2) is 18.6 Å². The van der Waals surface area contributed by atoms with Gasteiger partial charge in [-0.3, -0.25) is 0 Å². The molecule has 0 bridgehead atoms. The molecule has 0 aromatic carbocycles. The third kappa shape index (κ3) is 3.48. The first-order valence-corrected chi connectivity index (χ1v) is 8.87. The van der Waals surface area contributed by atoms with Gasteiger partial charge in [0, 0.05) is 30.7 Å². The summed E-state index contributed by atoms with van der Waals surface area (Å²) in [5, 5.41) is 9.05. The summed E-state index contributed by atoms with van der Waals surface area (Å²) < 4.78 is 26.3. The van der Waals surface area contributed by atoms with Gasteiger partial charge in [0.15, 0.2) is 0 Å². The SMILES string of the molecule is O=C(O)N1CCC2(CC1)CCN(c1ccc(Br)c(C(F)F)n1)CC2. The summed E-state index contributed by atoms with van der Waals surface area (Å²) in [5.74, 6) is 0.589. The Balaban J connectivity index is 1.63. The molecular formula is C16H20BrF2N3O2. The average molecular weight is 404 g/mol. The molecule has 0 aliphatic carbocycles. The maximum atomic E-state index is 13.0. The van der Waals surface area contributed by atoms with Gasteiger partial charge in [-0.2, -0.15) is 0 Å². The largest absolute Gasteiger partial charge is 0.465 e. The maximum absolute atomic E-state index is 13.0. The van der Waals surface area contributed by atoms with Gasteiger partial charge in [0.05, 0.1) is 0 Å². The molecule has 1 aromatic rings. The van der Waals surface area contributed by atoms with E-state index in [1.54, 1.807) is 12.1 Å². The standard InChI is InChI=1S/C16H20BrF2N3O2/c17-11-1-2-12(20-13(11)14(18)19)21-7-3-16(4-8-21)5-9-22(10-6-16)15(23)24/h1-2,14H,3-10H2,(H,23,24). The quantitative estimate of drug-likeness (QED) is 0.805. The Morgan fingerprint density at radius 3 is 2.29 bits per heavy atom. The fourth-order valence-corrected chi connectivity index (χ4v) is 4.05. The lowest BCUT2D eigenvalue weighted by atomic mass is 9.71. The van der Waals surface area contributed by atoms with Gasteiger partial charge >= 0.3 is 6.09 Å². The summed E-state index contributed by atoms with van der Waals surface area (Å²) >= 11 is 3.12. The molecule has 2 fully saturated rings. The number of pyridine rings is 1. The molecule has 2 aliphatic rings. The van der Waals surface area contributed by atoms with Crippen molar-refractivity contribution in [2.24, 2.45) is 5.41 Å². The lowest BCUT2D eigenvalue weighted by molar-refractivity contribution is 0.0734. The summed E-state index contributed by atoms with van der Waals surface area (Å²) in [6.45, 7) is 2.71. The number of likely N-dealkylation sites (tertiary alicyclic amines) is 1. The molecule has 1 amide bonds. The summed E-state index contributed by atoms with van der Waals surface area (Å²) in [7, 11) is 0. The number of rotatable bonds is 2. The van der Waals surface area contributed by atoms with Crippen LogP contribution in [0.3, 0.4) is 0 Å². The van der Waals surface area contributed by atoms with Crippen LogP contribution in [-0.2, 0) is 0 Å². The molecule has 1 spiro atoms. The number of aromatic nitrogens is 1. The topological polar surface area (TPSA) is 56.7 Å². The summed E-state index contributed by atoms with van der Waals surface area (Å²) in [6, 6.07) is 3.39. The molecule has 132 valence electrons. The Labute approximate surface area is 147 Å². The zero-order chi connectivity index (χ0) is 17.3. The van der Waals surface area contributed by atoms with Crippen molar-refractivity contribution in [3.8, 4) is 0 Å². The van der Waals surface area contributed by atoms with Gasteiger partial charge in [0.25, 0.3) is 6.43 Å². The third-order valence-electron chi connectivity index (χ3n) is 5.31. The van der Waals surface area contributed by atoms with Crippen LogP contribution in [0.25, 0.3) is 0 Å². The van der Waals surface area contributed by atoms with E-state index in [1.807, 2.05) is 4.90 Å². The van der Waals surface area contributed by atoms with Gasteiger partial charge in [0.1, 0.15) is 11.5 Å². The fourth-order valence-electron chi connectivity index (χ4n) is 3.66. The summed E-state index contributed by atoms with van der Waals surface area (Å²) in [5.41, 5.74) is -0.0360. The van der Waals surface area contributed by atoms with Crippen LogP contribution in [0, 0.1) is 5.41 Å². The molecule has 0 unspecified atom stereocenters. The van der Waals surface area contributed by atoms with Gasteiger partial charge < -0.3 is 14.9 Å². The van der Waals surface area contributed by atoms with Gasteiger partial charge in [-0.1, -0.05) is 0 Å². The van der Waals surface area contributed by atoms with Crippen LogP contribution in [0.15, 0.2) is 16.6 Å². The third-order valence-corrected chi connectivity index (χ3v) is 5.98. The van der Waals surface area contributed by atoms with E-state index in [-0.39, 0.29) is 11.1 Å². The highest BCUT2D eigenvalue weighted by Crippen LogP contribution is 2.42. The second kappa shape index (κ2) is 6.82. The van der Waals surface area contributed by atoms with Crippen molar-refractivity contribution in [3.63, 3.8) is 0 Å². The van der Waals surface area contributed by atoms with E-state index in [0.29, 0.717) is 23.4 Å². The lowest BCUT2D eigenvalue weighted by Crippen LogP contribution is -2.48. The molecule has 8 heteroatoms. The Bertz CT molecular complexity index is 611. The molecule has 24 heavy (non-hydrogen) atoms. The first kappa shape index (κ1) is 17.4. The average Bonchev–Trinajstić information content (AvgIpc) is 2.56. The van der Waals surface area contributed by atoms with Crippen molar-refractivity contribution >= 4 is 27.8 Å². The van der Waals surface area contributed by atoms with Crippen molar-refractivity contribution < 1.29 is 18.7 Å². The number of carboxylic acid groups (broad SMARTS) is 1. The van der Waals surface area contributed by atoms with Crippen LogP contribution >= 0.6 is 15.9 Å². The van der Waals surface area contributed by atoms with Gasteiger partial charge in [-0.15, -0.1) is 0 Å². The number of amides is 1. The highest BCUT2D eigenvalue weighted by atomic mass is 79.9. The minimum Gasteiger partial charge on any atom is -0.465 e. The molecule has 0 radical (unpaired) electrons. The molecule has 5 nitrogen and oxygen atoms in total. The predicted octanol–water partition coefficient (Wildman–Crippen LogP) is 4.14. The number of alkyl halides is 2. The van der Waals surface area contributed by atoms with Crippen molar-refractivity contribution in [2.45, 2.75) is 32.1 Å². The van der Waals surface area contributed by atoms with E-state index in [0.717, 1.165) is 38.8 Å². The van der Waals surface area contributed by atoms with Crippen LogP contribution in [0.4, 0.5) is 19.4 Å². The lowest BCUT2D eigenvalue weighted by Gasteiger charge is -2.46. The number of piperidine rings is 2. The molecular weight excluding hydrogens is 384 g/mol. The van der Waals surface area contributed by atoms with Crippen molar-refractivity contribution in [1.29, 1.82) is 0 Å². The molecule has 2 saturated heterocycles. The number of carbonyl (C=O) groups is 1. The first-order valence-electron chi connectivity index (χ1n) is 8.08. The minimum absolute atomic E-state index is 0.184. The second-order valence-corrected chi connectivity index (χ2v) is 7.45. The molecule has 1 N–H and O–H groups in total. The van der Waals surface area contributed by atoms with Crippen LogP contribution in [-0.4, -0.2) is 47.3 Å². The highest BCUT2D eigenvalue weighted by molar-refractivity contribution is 9.10. The number of halogens is 3. The summed E-state index contributed by atoms with van der Waals surface area (Å²) in [4.78, 5) is 18.7. The zero-order valence-electron chi connectivity index (χ0n) is 13.2. The maximum Gasteiger partial charge on any atom is 0.407 e. The van der Waals surface area contributed by atoms with Crippen molar-refractivity contribution in [1.82, 2.24) is 9.88 Å². The fraction of sp³-hybridized carbons (Fsp3) is 0.625. The van der Waals surface area contributed by atoms with E-state index >= 15 is 0 Å². The summed E-state index contributed by atoms with van der Waals surface area (Å²) in [6.07, 6.45) is 0.202. The minimum atomic E-state index is -2.60. The molecule has 2 aliphatic heterocycles. The van der Waals surface area contributed by atoms with Crippen molar-refractivity contribution in [3.05, 3.63) is 22.3 Å². The Morgan fingerprint density at radius 1 is 1.17 bits per heavy atom. The Morgan fingerprint density at radius 2 is 1.75 bits per heavy atom. The van der Waals surface area contributed by atoms with E-state index in [4.69, 9.17) is 5.11 Å². The normalized spacial score (nSPS) is 20.7. The van der Waals surface area contributed by atoms with E-state index in [9.17, 15) is 13.6 Å².